The second-order valence-corrected chi connectivity index (χ2v) is 4.71. The van der Waals surface area contributed by atoms with Gasteiger partial charge in [0.15, 0.2) is 23.3 Å². The zero-order valence-electron chi connectivity index (χ0n) is 9.89. The minimum absolute atomic E-state index is 0.213. The van der Waals surface area contributed by atoms with Gasteiger partial charge in [-0.05, 0) is 17.5 Å². The van der Waals surface area contributed by atoms with Crippen molar-refractivity contribution in [3.05, 3.63) is 65.0 Å². The molecule has 2 rings (SSSR count). The van der Waals surface area contributed by atoms with Crippen LogP contribution >= 0.6 is 11.9 Å². The molecule has 0 spiro atoms. The van der Waals surface area contributed by atoms with E-state index in [2.05, 4.69) is 4.72 Å². The number of benzene rings is 2. The topological polar surface area (TPSA) is 12.0 Å². The minimum Gasteiger partial charge on any atom is -0.255 e. The van der Waals surface area contributed by atoms with Gasteiger partial charge in [-0.25, -0.2) is 22.0 Å². The molecule has 0 fully saturated rings. The Kier molecular flexibility index (Phi) is 4.61. The van der Waals surface area contributed by atoms with Gasteiger partial charge in [0.2, 0.25) is 5.82 Å². The highest BCUT2D eigenvalue weighted by Crippen LogP contribution is 2.29. The predicted molar refractivity (Wildman–Crippen MR) is 65.4 cm³/mol. The third kappa shape index (κ3) is 2.94. The van der Waals surface area contributed by atoms with Crippen LogP contribution in [-0.2, 0) is 6.54 Å². The second kappa shape index (κ2) is 6.23. The molecule has 20 heavy (non-hydrogen) atoms. The lowest BCUT2D eigenvalue weighted by Gasteiger charge is -2.08. The third-order valence-electron chi connectivity index (χ3n) is 2.46. The van der Waals surface area contributed by atoms with E-state index >= 15 is 0 Å². The van der Waals surface area contributed by atoms with Crippen LogP contribution in [0.3, 0.4) is 0 Å². The smallest absolute Gasteiger partial charge is 0.200 e. The first-order valence-electron chi connectivity index (χ1n) is 5.47. The molecule has 7 heteroatoms. The fourth-order valence-corrected chi connectivity index (χ4v) is 2.20. The Labute approximate surface area is 115 Å². The largest absolute Gasteiger partial charge is 0.255 e. The van der Waals surface area contributed by atoms with Gasteiger partial charge in [0.05, 0.1) is 0 Å². The zero-order chi connectivity index (χ0) is 14.7. The summed E-state index contributed by atoms with van der Waals surface area (Å²) in [5.74, 6) is -9.74. The predicted octanol–water partition coefficient (Wildman–Crippen LogP) is 4.18. The fraction of sp³-hybridized carbons (Fsp3) is 0.0769. The third-order valence-corrected chi connectivity index (χ3v) is 3.31. The summed E-state index contributed by atoms with van der Waals surface area (Å²) in [6, 6.07) is 8.83. The SMILES string of the molecule is Fc1c(F)c(F)c(SNCc2ccccc2)c(F)c1F. The Hall–Kier alpha value is -1.60. The van der Waals surface area contributed by atoms with E-state index in [1.54, 1.807) is 30.3 Å². The quantitative estimate of drug-likeness (QED) is 0.394. The molecule has 0 aliphatic heterocycles. The van der Waals surface area contributed by atoms with Crippen LogP contribution in [-0.4, -0.2) is 0 Å². The van der Waals surface area contributed by atoms with E-state index in [-0.39, 0.29) is 6.54 Å². The van der Waals surface area contributed by atoms with E-state index < -0.39 is 34.0 Å². The molecule has 0 aliphatic carbocycles. The van der Waals surface area contributed by atoms with Crippen molar-refractivity contribution in [3.8, 4) is 0 Å². The van der Waals surface area contributed by atoms with E-state index in [0.717, 1.165) is 5.56 Å². The summed E-state index contributed by atoms with van der Waals surface area (Å²) in [7, 11) is 0. The first-order chi connectivity index (χ1) is 9.52. The van der Waals surface area contributed by atoms with Gasteiger partial charge in [-0.1, -0.05) is 30.3 Å². The van der Waals surface area contributed by atoms with Crippen molar-refractivity contribution in [1.29, 1.82) is 0 Å². The van der Waals surface area contributed by atoms with Crippen LogP contribution < -0.4 is 4.72 Å². The van der Waals surface area contributed by atoms with Gasteiger partial charge in [0, 0.05) is 6.54 Å². The van der Waals surface area contributed by atoms with Crippen LogP contribution in [0.25, 0.3) is 0 Å². The lowest BCUT2D eigenvalue weighted by molar-refractivity contribution is 0.360. The summed E-state index contributed by atoms with van der Waals surface area (Å²) < 4.78 is 68.0. The maximum Gasteiger partial charge on any atom is 0.200 e. The molecule has 0 amide bonds. The number of nitrogens with one attached hydrogen (secondary N) is 1. The number of hydrogen-bond donors (Lipinski definition) is 1. The Balaban J connectivity index is 2.14. The molecule has 0 saturated heterocycles. The summed E-state index contributed by atoms with van der Waals surface area (Å²) >= 11 is 0.359. The molecule has 0 saturated carbocycles. The lowest BCUT2D eigenvalue weighted by Crippen LogP contribution is -2.08. The molecule has 0 unspecified atom stereocenters. The van der Waals surface area contributed by atoms with Crippen molar-refractivity contribution in [2.24, 2.45) is 0 Å². The van der Waals surface area contributed by atoms with Crippen LogP contribution in [0.15, 0.2) is 35.2 Å². The Morgan fingerprint density at radius 2 is 1.25 bits per heavy atom. The number of hydrogen-bond acceptors (Lipinski definition) is 2. The maximum absolute atomic E-state index is 13.3. The van der Waals surface area contributed by atoms with Crippen molar-refractivity contribution in [2.75, 3.05) is 0 Å². The van der Waals surface area contributed by atoms with Crippen LogP contribution in [0.1, 0.15) is 5.56 Å². The normalized spacial score (nSPS) is 10.8. The van der Waals surface area contributed by atoms with Crippen molar-refractivity contribution >= 4 is 11.9 Å². The van der Waals surface area contributed by atoms with Crippen LogP contribution in [0.4, 0.5) is 22.0 Å². The molecule has 0 bridgehead atoms. The van der Waals surface area contributed by atoms with E-state index in [1.165, 1.54) is 0 Å². The molecule has 2 aromatic carbocycles. The number of halogens is 5. The molecule has 106 valence electrons. The Morgan fingerprint density at radius 1 is 0.750 bits per heavy atom. The van der Waals surface area contributed by atoms with Crippen molar-refractivity contribution < 1.29 is 22.0 Å². The van der Waals surface area contributed by atoms with Crippen molar-refractivity contribution in [3.63, 3.8) is 0 Å². The zero-order valence-corrected chi connectivity index (χ0v) is 10.7. The van der Waals surface area contributed by atoms with Gasteiger partial charge in [0.1, 0.15) is 4.90 Å². The summed E-state index contributed by atoms with van der Waals surface area (Å²) in [6.07, 6.45) is 0. The summed E-state index contributed by atoms with van der Waals surface area (Å²) in [5, 5.41) is 0. The lowest BCUT2D eigenvalue weighted by atomic mass is 10.2. The molecule has 0 heterocycles. The maximum atomic E-state index is 13.3. The molecule has 1 N–H and O–H groups in total. The molecular formula is C13H8F5NS. The average Bonchev–Trinajstić information content (AvgIpc) is 2.48. The van der Waals surface area contributed by atoms with Gasteiger partial charge >= 0.3 is 0 Å². The van der Waals surface area contributed by atoms with Gasteiger partial charge in [-0.15, -0.1) is 0 Å². The molecule has 0 aromatic heterocycles. The first kappa shape index (κ1) is 14.8. The average molecular weight is 305 g/mol. The van der Waals surface area contributed by atoms with Crippen LogP contribution in [0.2, 0.25) is 0 Å². The van der Waals surface area contributed by atoms with Crippen LogP contribution in [0.5, 0.6) is 0 Å². The van der Waals surface area contributed by atoms with Gasteiger partial charge in [-0.2, -0.15) is 0 Å². The standard InChI is InChI=1S/C13H8F5NS/c14-8-9(15)11(17)13(12(18)10(8)16)20-19-6-7-4-2-1-3-5-7/h1-5,19H,6H2. The Bertz CT molecular complexity index is 589. The summed E-state index contributed by atoms with van der Waals surface area (Å²) in [5.41, 5.74) is 0.809. The van der Waals surface area contributed by atoms with Gasteiger partial charge < -0.3 is 0 Å². The number of rotatable bonds is 4. The minimum atomic E-state index is -2.16. The van der Waals surface area contributed by atoms with Crippen molar-refractivity contribution in [1.82, 2.24) is 4.72 Å². The molecule has 0 aliphatic rings. The van der Waals surface area contributed by atoms with Gasteiger partial charge in [-0.3, -0.25) is 4.72 Å². The molecule has 0 atom stereocenters. The van der Waals surface area contributed by atoms with E-state index in [4.69, 9.17) is 0 Å². The van der Waals surface area contributed by atoms with E-state index in [9.17, 15) is 22.0 Å². The molecule has 2 aromatic rings. The Morgan fingerprint density at radius 3 is 1.80 bits per heavy atom. The molecular weight excluding hydrogens is 297 g/mol. The monoisotopic (exact) mass is 305 g/mol. The van der Waals surface area contributed by atoms with Crippen LogP contribution in [0, 0.1) is 29.1 Å². The fourth-order valence-electron chi connectivity index (χ4n) is 1.46. The molecule has 1 nitrogen and oxygen atoms in total. The first-order valence-corrected chi connectivity index (χ1v) is 6.29. The van der Waals surface area contributed by atoms with Gasteiger partial charge in [0.25, 0.3) is 0 Å². The second-order valence-electron chi connectivity index (χ2n) is 3.81. The molecule has 0 radical (unpaired) electrons. The van der Waals surface area contributed by atoms with Crippen molar-refractivity contribution in [2.45, 2.75) is 11.4 Å². The highest BCUT2D eigenvalue weighted by Gasteiger charge is 2.25. The highest BCUT2D eigenvalue weighted by atomic mass is 32.2. The summed E-state index contributed by atoms with van der Waals surface area (Å²) in [4.78, 5) is -0.947. The highest BCUT2D eigenvalue weighted by molar-refractivity contribution is 7.97. The van der Waals surface area contributed by atoms with E-state index in [1.807, 2.05) is 0 Å². The summed E-state index contributed by atoms with van der Waals surface area (Å²) in [6.45, 7) is 0.213. The van der Waals surface area contributed by atoms with E-state index in [0.29, 0.717) is 11.9 Å².